The maximum atomic E-state index is 11.1. The van der Waals surface area contributed by atoms with Gasteiger partial charge in [-0.3, -0.25) is 4.79 Å². The van der Waals surface area contributed by atoms with Gasteiger partial charge in [-0.25, -0.2) is 0 Å². The van der Waals surface area contributed by atoms with Crippen molar-refractivity contribution in [2.75, 3.05) is 5.32 Å². The number of carbonyl (C=O) groups excluding carboxylic acids is 1. The molecule has 0 saturated heterocycles. The van der Waals surface area contributed by atoms with E-state index in [-0.39, 0.29) is 5.91 Å². The predicted octanol–water partition coefficient (Wildman–Crippen LogP) is 1.73. The van der Waals surface area contributed by atoms with Crippen LogP contribution in [-0.4, -0.2) is 11.9 Å². The standard InChI is InChI=1S/C9H11BrN2O/c1-6(11)9(13)12-8-4-2-7(10)3-5-8/h2-6H,11H2,1H3,(H,12,13). The Balaban J connectivity index is 2.65. The van der Waals surface area contributed by atoms with Gasteiger partial charge in [0.05, 0.1) is 6.04 Å². The fourth-order valence-corrected chi connectivity index (χ4v) is 1.05. The highest BCUT2D eigenvalue weighted by atomic mass is 79.9. The summed E-state index contributed by atoms with van der Waals surface area (Å²) < 4.78 is 0.978. The molecular weight excluding hydrogens is 232 g/mol. The smallest absolute Gasteiger partial charge is 0.240 e. The molecule has 70 valence electrons. The third-order valence-corrected chi connectivity index (χ3v) is 2.05. The second-order valence-corrected chi connectivity index (χ2v) is 3.70. The summed E-state index contributed by atoms with van der Waals surface area (Å²) in [6.45, 7) is 1.65. The third-order valence-electron chi connectivity index (χ3n) is 1.53. The van der Waals surface area contributed by atoms with Crippen LogP contribution < -0.4 is 11.1 Å². The highest BCUT2D eigenvalue weighted by molar-refractivity contribution is 9.10. The van der Waals surface area contributed by atoms with Crippen molar-refractivity contribution in [3.05, 3.63) is 28.7 Å². The Kier molecular flexibility index (Phi) is 3.45. The summed E-state index contributed by atoms with van der Waals surface area (Å²) in [4.78, 5) is 11.1. The molecule has 3 N–H and O–H groups in total. The molecule has 1 unspecified atom stereocenters. The molecule has 1 atom stereocenters. The normalized spacial score (nSPS) is 12.2. The molecule has 0 bridgehead atoms. The molecule has 1 aromatic carbocycles. The molecule has 13 heavy (non-hydrogen) atoms. The Morgan fingerprint density at radius 2 is 2.00 bits per heavy atom. The van der Waals surface area contributed by atoms with Crippen LogP contribution in [0.4, 0.5) is 5.69 Å². The largest absolute Gasteiger partial charge is 0.325 e. The van der Waals surface area contributed by atoms with Crippen LogP contribution in [0.3, 0.4) is 0 Å². The topological polar surface area (TPSA) is 55.1 Å². The highest BCUT2D eigenvalue weighted by Crippen LogP contribution is 2.13. The highest BCUT2D eigenvalue weighted by Gasteiger charge is 2.06. The summed E-state index contributed by atoms with van der Waals surface area (Å²) in [5.41, 5.74) is 6.15. The number of hydrogen-bond donors (Lipinski definition) is 2. The summed E-state index contributed by atoms with van der Waals surface area (Å²) in [6, 6.07) is 6.85. The molecule has 1 aromatic rings. The molecule has 0 aromatic heterocycles. The zero-order valence-electron chi connectivity index (χ0n) is 7.25. The van der Waals surface area contributed by atoms with Gasteiger partial charge in [0.1, 0.15) is 0 Å². The van der Waals surface area contributed by atoms with Gasteiger partial charge in [0, 0.05) is 10.2 Å². The van der Waals surface area contributed by atoms with E-state index in [9.17, 15) is 4.79 Å². The molecule has 1 rings (SSSR count). The number of carbonyl (C=O) groups is 1. The van der Waals surface area contributed by atoms with Gasteiger partial charge in [-0.05, 0) is 31.2 Å². The monoisotopic (exact) mass is 242 g/mol. The van der Waals surface area contributed by atoms with E-state index < -0.39 is 6.04 Å². The van der Waals surface area contributed by atoms with E-state index in [1.165, 1.54) is 0 Å². The first-order valence-electron chi connectivity index (χ1n) is 3.91. The number of rotatable bonds is 2. The van der Waals surface area contributed by atoms with Crippen LogP contribution in [0.25, 0.3) is 0 Å². The quantitative estimate of drug-likeness (QED) is 0.831. The molecule has 0 fully saturated rings. The maximum absolute atomic E-state index is 11.1. The van der Waals surface area contributed by atoms with E-state index in [4.69, 9.17) is 5.73 Å². The van der Waals surface area contributed by atoms with Crippen LogP contribution in [0.1, 0.15) is 6.92 Å². The van der Waals surface area contributed by atoms with Gasteiger partial charge in [0.15, 0.2) is 0 Å². The first-order valence-corrected chi connectivity index (χ1v) is 4.71. The minimum absolute atomic E-state index is 0.178. The molecular formula is C9H11BrN2O. The predicted molar refractivity (Wildman–Crippen MR) is 56.4 cm³/mol. The molecule has 0 aliphatic rings. The lowest BCUT2D eigenvalue weighted by Gasteiger charge is -2.07. The number of benzene rings is 1. The maximum Gasteiger partial charge on any atom is 0.240 e. The molecule has 0 saturated carbocycles. The Hall–Kier alpha value is -0.870. The lowest BCUT2D eigenvalue weighted by molar-refractivity contribution is -0.117. The van der Waals surface area contributed by atoms with Gasteiger partial charge in [-0.2, -0.15) is 0 Å². The van der Waals surface area contributed by atoms with Crippen molar-refractivity contribution in [1.82, 2.24) is 0 Å². The van der Waals surface area contributed by atoms with E-state index in [0.717, 1.165) is 10.2 Å². The summed E-state index contributed by atoms with van der Waals surface area (Å²) in [5, 5.41) is 2.68. The Labute approximate surface area is 85.4 Å². The average Bonchev–Trinajstić information content (AvgIpc) is 2.08. The van der Waals surface area contributed by atoms with Crippen molar-refractivity contribution in [1.29, 1.82) is 0 Å². The number of halogens is 1. The van der Waals surface area contributed by atoms with Crippen LogP contribution in [0, 0.1) is 0 Å². The number of nitrogens with one attached hydrogen (secondary N) is 1. The number of anilines is 1. The van der Waals surface area contributed by atoms with E-state index in [2.05, 4.69) is 21.2 Å². The lowest BCUT2D eigenvalue weighted by atomic mass is 10.3. The zero-order chi connectivity index (χ0) is 9.84. The number of hydrogen-bond acceptors (Lipinski definition) is 2. The van der Waals surface area contributed by atoms with Crippen LogP contribution >= 0.6 is 15.9 Å². The van der Waals surface area contributed by atoms with Crippen molar-refractivity contribution < 1.29 is 4.79 Å². The number of amides is 1. The first-order chi connectivity index (χ1) is 6.09. The Morgan fingerprint density at radius 3 is 2.46 bits per heavy atom. The second kappa shape index (κ2) is 4.39. The summed E-state index contributed by atoms with van der Waals surface area (Å²) in [6.07, 6.45) is 0. The third kappa shape index (κ3) is 3.16. The van der Waals surface area contributed by atoms with Gasteiger partial charge in [0.2, 0.25) is 5.91 Å². The van der Waals surface area contributed by atoms with Gasteiger partial charge in [0.25, 0.3) is 0 Å². The molecule has 0 radical (unpaired) electrons. The molecule has 0 heterocycles. The number of nitrogens with two attached hydrogens (primary N) is 1. The summed E-state index contributed by atoms with van der Waals surface area (Å²) >= 11 is 3.30. The Morgan fingerprint density at radius 1 is 1.46 bits per heavy atom. The summed E-state index contributed by atoms with van der Waals surface area (Å²) in [7, 11) is 0. The minimum atomic E-state index is -0.483. The SMILES string of the molecule is CC(N)C(=O)Nc1ccc(Br)cc1. The van der Waals surface area contributed by atoms with Crippen LogP contribution in [0.15, 0.2) is 28.7 Å². The molecule has 0 aliphatic carbocycles. The van der Waals surface area contributed by atoms with Crippen molar-refractivity contribution in [3.8, 4) is 0 Å². The fraction of sp³-hybridized carbons (Fsp3) is 0.222. The van der Waals surface area contributed by atoms with Crippen molar-refractivity contribution in [3.63, 3.8) is 0 Å². The fourth-order valence-electron chi connectivity index (χ4n) is 0.789. The minimum Gasteiger partial charge on any atom is -0.325 e. The average molecular weight is 243 g/mol. The van der Waals surface area contributed by atoms with Crippen LogP contribution in [0.5, 0.6) is 0 Å². The van der Waals surface area contributed by atoms with Crippen molar-refractivity contribution in [2.45, 2.75) is 13.0 Å². The lowest BCUT2D eigenvalue weighted by Crippen LogP contribution is -2.32. The van der Waals surface area contributed by atoms with Gasteiger partial charge in [-0.1, -0.05) is 15.9 Å². The van der Waals surface area contributed by atoms with E-state index in [1.54, 1.807) is 6.92 Å². The second-order valence-electron chi connectivity index (χ2n) is 2.78. The van der Waals surface area contributed by atoms with Crippen molar-refractivity contribution in [2.24, 2.45) is 5.73 Å². The zero-order valence-corrected chi connectivity index (χ0v) is 8.84. The van der Waals surface area contributed by atoms with E-state index in [1.807, 2.05) is 24.3 Å². The van der Waals surface area contributed by atoms with Gasteiger partial charge in [-0.15, -0.1) is 0 Å². The molecule has 4 heteroatoms. The molecule has 0 aliphatic heterocycles. The van der Waals surface area contributed by atoms with Gasteiger partial charge < -0.3 is 11.1 Å². The Bertz CT molecular complexity index is 295. The van der Waals surface area contributed by atoms with Crippen LogP contribution in [-0.2, 0) is 4.79 Å². The van der Waals surface area contributed by atoms with Crippen molar-refractivity contribution >= 4 is 27.5 Å². The van der Waals surface area contributed by atoms with E-state index in [0.29, 0.717) is 0 Å². The van der Waals surface area contributed by atoms with E-state index >= 15 is 0 Å². The molecule has 1 amide bonds. The molecule has 3 nitrogen and oxygen atoms in total. The summed E-state index contributed by atoms with van der Waals surface area (Å²) in [5.74, 6) is -0.178. The molecule has 0 spiro atoms. The van der Waals surface area contributed by atoms with Gasteiger partial charge >= 0.3 is 0 Å². The van der Waals surface area contributed by atoms with Crippen LogP contribution in [0.2, 0.25) is 0 Å². The first kappa shape index (κ1) is 10.2.